The highest BCUT2D eigenvalue weighted by Gasteiger charge is 2.24. The minimum atomic E-state index is -0.157. The van der Waals surface area contributed by atoms with Gasteiger partial charge in [-0.1, -0.05) is 29.3 Å². The molecule has 2 aromatic carbocycles. The molecule has 5 heteroatoms. The number of nitrogens with zero attached hydrogens (tertiary/aromatic N) is 1. The number of aromatic nitrogens is 1. The number of aromatic amines is 1. The molecule has 0 radical (unpaired) electrons. The third-order valence-electron chi connectivity index (χ3n) is 5.47. The van der Waals surface area contributed by atoms with Crippen LogP contribution in [0.15, 0.2) is 53.3 Å². The van der Waals surface area contributed by atoms with E-state index >= 15 is 0 Å². The highest BCUT2D eigenvalue weighted by Crippen LogP contribution is 2.19. The molecule has 150 valence electrons. The van der Waals surface area contributed by atoms with E-state index in [1.54, 1.807) is 4.90 Å². The van der Waals surface area contributed by atoms with Crippen LogP contribution in [0.3, 0.4) is 0 Å². The highest BCUT2D eigenvalue weighted by atomic mass is 16.5. The fourth-order valence-electron chi connectivity index (χ4n) is 3.83. The minimum Gasteiger partial charge on any atom is -0.376 e. The number of carbonyl (C=O) groups is 1. The molecule has 0 saturated carbocycles. The first-order chi connectivity index (χ1) is 14.0. The molecular formula is C24H26N2O3. The number of hydrogen-bond donors (Lipinski definition) is 1. The van der Waals surface area contributed by atoms with Crippen molar-refractivity contribution in [2.75, 3.05) is 13.2 Å². The summed E-state index contributed by atoms with van der Waals surface area (Å²) in [5.74, 6) is -0.0794. The molecule has 1 fully saturated rings. The Kier molecular flexibility index (Phi) is 5.49. The predicted octanol–water partition coefficient (Wildman–Crippen LogP) is 3.97. The van der Waals surface area contributed by atoms with Crippen molar-refractivity contribution in [2.24, 2.45) is 0 Å². The summed E-state index contributed by atoms with van der Waals surface area (Å²) in [4.78, 5) is 30.6. The molecule has 4 rings (SSSR count). The SMILES string of the molecule is Cc1ccc(C(=O)N(Cc2cc3cc(C)ccc3[nH]c2=O)C[C@H]2CCCO2)cc1. The number of hydrogen-bond acceptors (Lipinski definition) is 3. The van der Waals surface area contributed by atoms with Crippen LogP contribution in [0.2, 0.25) is 0 Å². The number of nitrogens with one attached hydrogen (secondary N) is 1. The number of H-pyrrole nitrogens is 1. The summed E-state index contributed by atoms with van der Waals surface area (Å²) in [7, 11) is 0. The van der Waals surface area contributed by atoms with Gasteiger partial charge in [-0.2, -0.15) is 0 Å². The Morgan fingerprint density at radius 3 is 2.59 bits per heavy atom. The Hall–Kier alpha value is -2.92. The average molecular weight is 390 g/mol. The third kappa shape index (κ3) is 4.40. The molecule has 0 bridgehead atoms. The van der Waals surface area contributed by atoms with Gasteiger partial charge in [-0.15, -0.1) is 0 Å². The van der Waals surface area contributed by atoms with Crippen LogP contribution in [0, 0.1) is 13.8 Å². The van der Waals surface area contributed by atoms with E-state index in [0.717, 1.165) is 41.5 Å². The normalized spacial score (nSPS) is 16.3. The third-order valence-corrected chi connectivity index (χ3v) is 5.47. The van der Waals surface area contributed by atoms with E-state index in [1.165, 1.54) is 0 Å². The Balaban J connectivity index is 1.66. The number of fused-ring (bicyclic) bond motifs is 1. The van der Waals surface area contributed by atoms with Crippen LogP contribution in [-0.4, -0.2) is 35.0 Å². The van der Waals surface area contributed by atoms with Crippen molar-refractivity contribution in [3.63, 3.8) is 0 Å². The lowest BCUT2D eigenvalue weighted by molar-refractivity contribution is 0.0506. The van der Waals surface area contributed by atoms with Crippen molar-refractivity contribution in [1.29, 1.82) is 0 Å². The van der Waals surface area contributed by atoms with Gasteiger partial charge in [-0.25, -0.2) is 0 Å². The summed E-state index contributed by atoms with van der Waals surface area (Å²) in [5, 5.41) is 0.972. The number of amides is 1. The first-order valence-corrected chi connectivity index (χ1v) is 10.1. The van der Waals surface area contributed by atoms with Crippen LogP contribution < -0.4 is 5.56 Å². The molecule has 29 heavy (non-hydrogen) atoms. The second kappa shape index (κ2) is 8.21. The lowest BCUT2D eigenvalue weighted by Gasteiger charge is -2.25. The van der Waals surface area contributed by atoms with E-state index in [1.807, 2.05) is 62.4 Å². The fraction of sp³-hybridized carbons (Fsp3) is 0.333. The Labute approximate surface area is 170 Å². The van der Waals surface area contributed by atoms with Crippen LogP contribution in [0.4, 0.5) is 0 Å². The van der Waals surface area contributed by atoms with Crippen LogP contribution in [0.1, 0.15) is 39.9 Å². The highest BCUT2D eigenvalue weighted by molar-refractivity contribution is 5.94. The number of pyridine rings is 1. The molecule has 0 unspecified atom stereocenters. The smallest absolute Gasteiger partial charge is 0.254 e. The Bertz CT molecular complexity index is 1080. The number of carbonyl (C=O) groups excluding carboxylic acids is 1. The van der Waals surface area contributed by atoms with Gasteiger partial charge in [0.1, 0.15) is 0 Å². The number of aryl methyl sites for hydroxylation is 2. The number of ether oxygens (including phenoxy) is 1. The first kappa shape index (κ1) is 19.4. The second-order valence-electron chi connectivity index (χ2n) is 7.90. The van der Waals surface area contributed by atoms with Gasteiger partial charge in [0.15, 0.2) is 0 Å². The molecule has 1 amide bonds. The van der Waals surface area contributed by atoms with Crippen molar-refractivity contribution >= 4 is 16.8 Å². The van der Waals surface area contributed by atoms with Gasteiger partial charge in [0.05, 0.1) is 12.6 Å². The summed E-state index contributed by atoms with van der Waals surface area (Å²) < 4.78 is 5.76. The van der Waals surface area contributed by atoms with Crippen LogP contribution in [0.5, 0.6) is 0 Å². The zero-order valence-electron chi connectivity index (χ0n) is 16.9. The van der Waals surface area contributed by atoms with E-state index in [-0.39, 0.29) is 24.1 Å². The van der Waals surface area contributed by atoms with E-state index < -0.39 is 0 Å². The van der Waals surface area contributed by atoms with Crippen molar-refractivity contribution in [3.8, 4) is 0 Å². The standard InChI is InChI=1S/C24H26N2O3/c1-16-5-8-18(9-6-16)24(28)26(15-21-4-3-11-29-21)14-20-13-19-12-17(2)7-10-22(19)25-23(20)27/h5-10,12-13,21H,3-4,11,14-15H2,1-2H3,(H,25,27)/t21-/m1/s1. The summed E-state index contributed by atoms with van der Waals surface area (Å²) in [6.45, 7) is 5.49. The molecule has 1 aliphatic heterocycles. The van der Waals surface area contributed by atoms with Crippen LogP contribution in [0.25, 0.3) is 10.9 Å². The molecule has 3 aromatic rings. The zero-order chi connectivity index (χ0) is 20.4. The Morgan fingerprint density at radius 2 is 1.86 bits per heavy atom. The van der Waals surface area contributed by atoms with Crippen molar-refractivity contribution in [3.05, 3.63) is 81.1 Å². The summed E-state index contributed by atoms with van der Waals surface area (Å²) >= 11 is 0. The maximum Gasteiger partial charge on any atom is 0.254 e. The van der Waals surface area contributed by atoms with E-state index in [4.69, 9.17) is 4.74 Å². The molecule has 1 N–H and O–H groups in total. The van der Waals surface area contributed by atoms with Gasteiger partial charge in [-0.3, -0.25) is 9.59 Å². The summed E-state index contributed by atoms with van der Waals surface area (Å²) in [6, 6.07) is 15.4. The summed E-state index contributed by atoms with van der Waals surface area (Å²) in [6.07, 6.45) is 1.96. The zero-order valence-corrected chi connectivity index (χ0v) is 16.9. The molecule has 1 atom stereocenters. The Morgan fingerprint density at radius 1 is 1.10 bits per heavy atom. The van der Waals surface area contributed by atoms with Gasteiger partial charge in [0, 0.05) is 29.8 Å². The molecule has 2 heterocycles. The van der Waals surface area contributed by atoms with Crippen LogP contribution >= 0.6 is 0 Å². The van der Waals surface area contributed by atoms with Gasteiger partial charge in [-0.05, 0) is 62.4 Å². The van der Waals surface area contributed by atoms with E-state index in [9.17, 15) is 9.59 Å². The molecule has 0 aliphatic carbocycles. The molecular weight excluding hydrogens is 364 g/mol. The molecule has 0 spiro atoms. The van der Waals surface area contributed by atoms with Gasteiger partial charge in [0.25, 0.3) is 11.5 Å². The quantitative estimate of drug-likeness (QED) is 0.717. The van der Waals surface area contributed by atoms with Crippen molar-refractivity contribution in [2.45, 2.75) is 39.3 Å². The first-order valence-electron chi connectivity index (χ1n) is 10.1. The van der Waals surface area contributed by atoms with Gasteiger partial charge >= 0.3 is 0 Å². The second-order valence-corrected chi connectivity index (χ2v) is 7.90. The van der Waals surface area contributed by atoms with Crippen molar-refractivity contribution in [1.82, 2.24) is 9.88 Å². The fourth-order valence-corrected chi connectivity index (χ4v) is 3.83. The van der Waals surface area contributed by atoms with Crippen LogP contribution in [-0.2, 0) is 11.3 Å². The minimum absolute atomic E-state index is 0.0196. The maximum atomic E-state index is 13.2. The molecule has 1 saturated heterocycles. The van der Waals surface area contributed by atoms with E-state index in [0.29, 0.717) is 17.7 Å². The van der Waals surface area contributed by atoms with E-state index in [2.05, 4.69) is 4.98 Å². The molecule has 5 nitrogen and oxygen atoms in total. The van der Waals surface area contributed by atoms with Gasteiger partial charge < -0.3 is 14.6 Å². The van der Waals surface area contributed by atoms with Crippen molar-refractivity contribution < 1.29 is 9.53 Å². The van der Waals surface area contributed by atoms with Gasteiger partial charge in [0.2, 0.25) is 0 Å². The number of benzene rings is 2. The monoisotopic (exact) mass is 390 g/mol. The maximum absolute atomic E-state index is 13.2. The molecule has 1 aromatic heterocycles. The average Bonchev–Trinajstić information content (AvgIpc) is 3.21. The summed E-state index contributed by atoms with van der Waals surface area (Å²) in [5.41, 5.74) is 4.09. The largest absolute Gasteiger partial charge is 0.376 e. The molecule has 1 aliphatic rings. The number of rotatable bonds is 5. The lowest BCUT2D eigenvalue weighted by atomic mass is 10.1. The topological polar surface area (TPSA) is 62.4 Å². The predicted molar refractivity (Wildman–Crippen MR) is 114 cm³/mol. The lowest BCUT2D eigenvalue weighted by Crippen LogP contribution is -2.38.